The van der Waals surface area contributed by atoms with Gasteiger partial charge >= 0.3 is 5.97 Å². The minimum atomic E-state index is -0.125. The van der Waals surface area contributed by atoms with Gasteiger partial charge in [-0.3, -0.25) is 9.69 Å². The van der Waals surface area contributed by atoms with Gasteiger partial charge in [-0.1, -0.05) is 0 Å². The summed E-state index contributed by atoms with van der Waals surface area (Å²) in [6, 6.07) is 0. The Kier molecular flexibility index (Phi) is 7.96. The summed E-state index contributed by atoms with van der Waals surface area (Å²) >= 11 is 0. The second kappa shape index (κ2) is 9.39. The molecule has 100 valence electrons. The quantitative estimate of drug-likeness (QED) is 0.490. The van der Waals surface area contributed by atoms with Gasteiger partial charge in [0.25, 0.3) is 0 Å². The molecule has 0 aliphatic carbocycles. The molecule has 5 heteroatoms. The largest absolute Gasteiger partial charge is 0.469 e. The first-order valence-electron chi connectivity index (χ1n) is 6.40. The van der Waals surface area contributed by atoms with E-state index in [0.717, 1.165) is 58.8 Å². The fourth-order valence-electron chi connectivity index (χ4n) is 1.84. The maximum absolute atomic E-state index is 10.8. The zero-order valence-electron chi connectivity index (χ0n) is 10.7. The lowest BCUT2D eigenvalue weighted by atomic mass is 10.3. The van der Waals surface area contributed by atoms with Crippen molar-refractivity contribution >= 4 is 5.97 Å². The van der Waals surface area contributed by atoms with Gasteiger partial charge in [0, 0.05) is 19.5 Å². The van der Waals surface area contributed by atoms with Gasteiger partial charge < -0.3 is 14.8 Å². The minimum Gasteiger partial charge on any atom is -0.469 e. The molecular formula is C12H24N2O3. The van der Waals surface area contributed by atoms with Crippen LogP contribution in [0.1, 0.15) is 19.3 Å². The monoisotopic (exact) mass is 244 g/mol. The lowest BCUT2D eigenvalue weighted by Crippen LogP contribution is -2.37. The Morgan fingerprint density at radius 3 is 2.71 bits per heavy atom. The molecule has 0 radical (unpaired) electrons. The van der Waals surface area contributed by atoms with Crippen LogP contribution in [0.25, 0.3) is 0 Å². The fraction of sp³-hybridized carbons (Fsp3) is 0.917. The van der Waals surface area contributed by atoms with Crippen LogP contribution in [0.5, 0.6) is 0 Å². The molecule has 0 unspecified atom stereocenters. The summed E-state index contributed by atoms with van der Waals surface area (Å²) in [5, 5.41) is 3.34. The van der Waals surface area contributed by atoms with Crippen molar-refractivity contribution in [3.63, 3.8) is 0 Å². The summed E-state index contributed by atoms with van der Waals surface area (Å²) in [5.74, 6) is -0.125. The molecule has 0 aromatic carbocycles. The number of rotatable bonds is 8. The zero-order chi connectivity index (χ0) is 12.3. The molecule has 1 N–H and O–H groups in total. The number of hydrogen-bond donors (Lipinski definition) is 1. The van der Waals surface area contributed by atoms with Crippen molar-refractivity contribution < 1.29 is 14.3 Å². The van der Waals surface area contributed by atoms with E-state index in [1.807, 2.05) is 0 Å². The van der Waals surface area contributed by atoms with Crippen molar-refractivity contribution in [3.05, 3.63) is 0 Å². The van der Waals surface area contributed by atoms with Crippen LogP contribution in [0, 0.1) is 0 Å². The number of hydrogen-bond acceptors (Lipinski definition) is 5. The smallest absolute Gasteiger partial charge is 0.305 e. The molecule has 1 rings (SSSR count). The van der Waals surface area contributed by atoms with E-state index in [4.69, 9.17) is 4.74 Å². The van der Waals surface area contributed by atoms with E-state index in [0.29, 0.717) is 6.42 Å². The topological polar surface area (TPSA) is 50.8 Å². The highest BCUT2D eigenvalue weighted by Crippen LogP contribution is 1.97. The van der Waals surface area contributed by atoms with E-state index in [1.165, 1.54) is 7.11 Å². The van der Waals surface area contributed by atoms with Gasteiger partial charge in [0.2, 0.25) is 0 Å². The molecule has 1 saturated heterocycles. The van der Waals surface area contributed by atoms with E-state index in [1.54, 1.807) is 0 Å². The van der Waals surface area contributed by atoms with Gasteiger partial charge in [0.1, 0.15) is 0 Å². The second-order valence-corrected chi connectivity index (χ2v) is 4.24. The van der Waals surface area contributed by atoms with Crippen molar-refractivity contribution in [2.75, 3.05) is 53.0 Å². The SMILES string of the molecule is COC(=O)CCCNCCCN1CCOCC1. The normalized spacial score (nSPS) is 17.0. The van der Waals surface area contributed by atoms with Crippen molar-refractivity contribution in [2.45, 2.75) is 19.3 Å². The molecule has 1 aliphatic heterocycles. The number of carbonyl (C=O) groups excluding carboxylic acids is 1. The summed E-state index contributed by atoms with van der Waals surface area (Å²) < 4.78 is 9.86. The lowest BCUT2D eigenvalue weighted by Gasteiger charge is -2.26. The molecule has 1 fully saturated rings. The molecule has 5 nitrogen and oxygen atoms in total. The highest BCUT2D eigenvalue weighted by Gasteiger charge is 2.08. The Morgan fingerprint density at radius 2 is 2.00 bits per heavy atom. The van der Waals surface area contributed by atoms with Gasteiger partial charge in [0.05, 0.1) is 20.3 Å². The molecule has 0 amide bonds. The van der Waals surface area contributed by atoms with E-state index in [-0.39, 0.29) is 5.97 Å². The van der Waals surface area contributed by atoms with Gasteiger partial charge in [-0.05, 0) is 32.5 Å². The second-order valence-electron chi connectivity index (χ2n) is 4.24. The summed E-state index contributed by atoms with van der Waals surface area (Å²) in [4.78, 5) is 13.3. The maximum Gasteiger partial charge on any atom is 0.305 e. The molecular weight excluding hydrogens is 220 g/mol. The summed E-state index contributed by atoms with van der Waals surface area (Å²) in [7, 11) is 1.43. The van der Waals surface area contributed by atoms with E-state index in [2.05, 4.69) is 15.0 Å². The molecule has 0 saturated carbocycles. The van der Waals surface area contributed by atoms with Crippen LogP contribution < -0.4 is 5.32 Å². The summed E-state index contributed by atoms with van der Waals surface area (Å²) in [6.07, 6.45) is 2.51. The molecule has 0 atom stereocenters. The van der Waals surface area contributed by atoms with Crippen molar-refractivity contribution in [1.82, 2.24) is 10.2 Å². The highest BCUT2D eigenvalue weighted by molar-refractivity contribution is 5.68. The molecule has 0 aromatic rings. The third-order valence-electron chi connectivity index (χ3n) is 2.89. The van der Waals surface area contributed by atoms with Gasteiger partial charge in [0.15, 0.2) is 0 Å². The van der Waals surface area contributed by atoms with Crippen LogP contribution in [-0.4, -0.2) is 63.9 Å². The highest BCUT2D eigenvalue weighted by atomic mass is 16.5. The molecule has 17 heavy (non-hydrogen) atoms. The summed E-state index contributed by atoms with van der Waals surface area (Å²) in [6.45, 7) is 6.88. The van der Waals surface area contributed by atoms with E-state index in [9.17, 15) is 4.79 Å². The van der Waals surface area contributed by atoms with Crippen molar-refractivity contribution in [1.29, 1.82) is 0 Å². The summed E-state index contributed by atoms with van der Waals surface area (Å²) in [5.41, 5.74) is 0. The van der Waals surface area contributed by atoms with Gasteiger partial charge in [-0.25, -0.2) is 0 Å². The molecule has 1 aliphatic rings. The standard InChI is InChI=1S/C12H24N2O3/c1-16-12(15)4-2-5-13-6-3-7-14-8-10-17-11-9-14/h13H,2-11H2,1H3. The number of ether oxygens (including phenoxy) is 2. The Morgan fingerprint density at radius 1 is 1.29 bits per heavy atom. The number of methoxy groups -OCH3 is 1. The van der Waals surface area contributed by atoms with E-state index >= 15 is 0 Å². The molecule has 0 spiro atoms. The van der Waals surface area contributed by atoms with Crippen molar-refractivity contribution in [3.8, 4) is 0 Å². The Balaban J connectivity index is 1.82. The Labute approximate surface area is 103 Å². The predicted octanol–water partition coefficient (Wildman–Crippen LogP) is 0.252. The number of carbonyl (C=O) groups is 1. The van der Waals surface area contributed by atoms with Gasteiger partial charge in [-0.2, -0.15) is 0 Å². The number of nitrogens with zero attached hydrogens (tertiary/aromatic N) is 1. The molecule has 0 bridgehead atoms. The van der Waals surface area contributed by atoms with Crippen LogP contribution in [0.2, 0.25) is 0 Å². The maximum atomic E-state index is 10.8. The zero-order valence-corrected chi connectivity index (χ0v) is 10.7. The fourth-order valence-corrected chi connectivity index (χ4v) is 1.84. The first kappa shape index (κ1) is 14.4. The molecule has 1 heterocycles. The van der Waals surface area contributed by atoms with Crippen LogP contribution in [0.4, 0.5) is 0 Å². The number of nitrogens with one attached hydrogen (secondary N) is 1. The Hall–Kier alpha value is -0.650. The predicted molar refractivity (Wildman–Crippen MR) is 66.0 cm³/mol. The Bertz CT molecular complexity index is 206. The average molecular weight is 244 g/mol. The third-order valence-corrected chi connectivity index (χ3v) is 2.89. The van der Waals surface area contributed by atoms with Gasteiger partial charge in [-0.15, -0.1) is 0 Å². The van der Waals surface area contributed by atoms with Crippen LogP contribution in [0.3, 0.4) is 0 Å². The van der Waals surface area contributed by atoms with Crippen LogP contribution >= 0.6 is 0 Å². The number of morpholine rings is 1. The lowest BCUT2D eigenvalue weighted by molar-refractivity contribution is -0.140. The minimum absolute atomic E-state index is 0.125. The number of esters is 1. The third kappa shape index (κ3) is 7.31. The van der Waals surface area contributed by atoms with E-state index < -0.39 is 0 Å². The average Bonchev–Trinajstić information content (AvgIpc) is 2.38. The molecule has 0 aromatic heterocycles. The van der Waals surface area contributed by atoms with Crippen LogP contribution in [-0.2, 0) is 14.3 Å². The van der Waals surface area contributed by atoms with Crippen LogP contribution in [0.15, 0.2) is 0 Å². The van der Waals surface area contributed by atoms with Crippen molar-refractivity contribution in [2.24, 2.45) is 0 Å². The first-order chi connectivity index (χ1) is 8.33. The first-order valence-corrected chi connectivity index (χ1v) is 6.40.